The molecule has 0 radical (unpaired) electrons. The van der Waals surface area contributed by atoms with Crippen LogP contribution < -0.4 is 5.73 Å². The topological polar surface area (TPSA) is 64.1 Å². The highest BCUT2D eigenvalue weighted by Crippen LogP contribution is 2.15. The zero-order valence-electron chi connectivity index (χ0n) is 6.78. The standard InChI is InChI=1S/C7H13N3O/c1-7(11,5-8)6-9-3-4-10(6)2/h3-4,11H,5,8H2,1-2H3. The van der Waals surface area contributed by atoms with E-state index in [1.54, 1.807) is 23.9 Å². The third kappa shape index (κ3) is 1.41. The van der Waals surface area contributed by atoms with Gasteiger partial charge < -0.3 is 15.4 Å². The smallest absolute Gasteiger partial charge is 0.141 e. The Kier molecular flexibility index (Phi) is 1.97. The van der Waals surface area contributed by atoms with Gasteiger partial charge in [0.1, 0.15) is 11.4 Å². The summed E-state index contributed by atoms with van der Waals surface area (Å²) in [5.74, 6) is 0.597. The van der Waals surface area contributed by atoms with E-state index in [1.807, 2.05) is 7.05 Å². The van der Waals surface area contributed by atoms with Crippen molar-refractivity contribution in [1.29, 1.82) is 0 Å². The minimum absolute atomic E-state index is 0.178. The first-order valence-corrected chi connectivity index (χ1v) is 3.48. The fourth-order valence-electron chi connectivity index (χ4n) is 0.976. The molecule has 62 valence electrons. The number of aryl methyl sites for hydroxylation is 1. The molecule has 0 aliphatic rings. The van der Waals surface area contributed by atoms with Gasteiger partial charge in [0, 0.05) is 26.0 Å². The molecule has 0 fully saturated rings. The van der Waals surface area contributed by atoms with Crippen LogP contribution in [0.1, 0.15) is 12.7 Å². The normalized spacial score (nSPS) is 16.4. The average molecular weight is 155 g/mol. The number of imidazole rings is 1. The summed E-state index contributed by atoms with van der Waals surface area (Å²) in [6, 6.07) is 0. The molecule has 1 unspecified atom stereocenters. The fraction of sp³-hybridized carbons (Fsp3) is 0.571. The van der Waals surface area contributed by atoms with Gasteiger partial charge in [-0.1, -0.05) is 0 Å². The summed E-state index contributed by atoms with van der Waals surface area (Å²) in [4.78, 5) is 3.99. The maximum Gasteiger partial charge on any atom is 0.141 e. The number of aromatic nitrogens is 2. The van der Waals surface area contributed by atoms with Crippen LogP contribution in [0.25, 0.3) is 0 Å². The van der Waals surface area contributed by atoms with Crippen molar-refractivity contribution in [3.05, 3.63) is 18.2 Å². The van der Waals surface area contributed by atoms with Crippen LogP contribution in [0.2, 0.25) is 0 Å². The summed E-state index contributed by atoms with van der Waals surface area (Å²) >= 11 is 0. The van der Waals surface area contributed by atoms with Gasteiger partial charge in [-0.2, -0.15) is 0 Å². The molecule has 1 rings (SSSR count). The van der Waals surface area contributed by atoms with E-state index in [4.69, 9.17) is 5.73 Å². The number of nitrogens with two attached hydrogens (primary N) is 1. The summed E-state index contributed by atoms with van der Waals surface area (Å²) < 4.78 is 1.76. The van der Waals surface area contributed by atoms with Gasteiger partial charge in [-0.3, -0.25) is 0 Å². The van der Waals surface area contributed by atoms with E-state index in [0.717, 1.165) is 0 Å². The zero-order valence-corrected chi connectivity index (χ0v) is 6.78. The molecule has 1 atom stereocenters. The van der Waals surface area contributed by atoms with Gasteiger partial charge >= 0.3 is 0 Å². The Balaban J connectivity index is 3.00. The lowest BCUT2D eigenvalue weighted by Gasteiger charge is -2.19. The molecule has 11 heavy (non-hydrogen) atoms. The highest BCUT2D eigenvalue weighted by atomic mass is 16.3. The molecular weight excluding hydrogens is 142 g/mol. The van der Waals surface area contributed by atoms with E-state index in [9.17, 15) is 5.11 Å². The van der Waals surface area contributed by atoms with Crippen molar-refractivity contribution in [2.75, 3.05) is 6.54 Å². The second-order valence-corrected chi connectivity index (χ2v) is 2.84. The maximum absolute atomic E-state index is 9.66. The largest absolute Gasteiger partial charge is 0.381 e. The van der Waals surface area contributed by atoms with Crippen molar-refractivity contribution in [3.8, 4) is 0 Å². The minimum Gasteiger partial charge on any atom is -0.381 e. The molecule has 0 aliphatic heterocycles. The minimum atomic E-state index is -1.02. The summed E-state index contributed by atoms with van der Waals surface area (Å²) in [5, 5.41) is 9.66. The van der Waals surface area contributed by atoms with Crippen molar-refractivity contribution < 1.29 is 5.11 Å². The monoisotopic (exact) mass is 155 g/mol. The van der Waals surface area contributed by atoms with Crippen LogP contribution in [-0.4, -0.2) is 21.2 Å². The van der Waals surface area contributed by atoms with Crippen molar-refractivity contribution >= 4 is 0 Å². The molecule has 3 N–H and O–H groups in total. The molecule has 0 spiro atoms. The highest BCUT2D eigenvalue weighted by Gasteiger charge is 2.24. The predicted molar refractivity (Wildman–Crippen MR) is 41.8 cm³/mol. The van der Waals surface area contributed by atoms with Crippen LogP contribution in [-0.2, 0) is 12.6 Å². The first kappa shape index (κ1) is 8.23. The summed E-state index contributed by atoms with van der Waals surface area (Å²) in [6.45, 7) is 1.83. The molecular formula is C7H13N3O. The zero-order chi connectivity index (χ0) is 8.48. The molecule has 1 aromatic rings. The Morgan fingerprint density at radius 3 is 2.82 bits per heavy atom. The van der Waals surface area contributed by atoms with Gasteiger partial charge in [0.05, 0.1) is 0 Å². The van der Waals surface area contributed by atoms with E-state index >= 15 is 0 Å². The van der Waals surface area contributed by atoms with Gasteiger partial charge in [-0.25, -0.2) is 4.98 Å². The lowest BCUT2D eigenvalue weighted by Crippen LogP contribution is -2.34. The Morgan fingerprint density at radius 2 is 2.45 bits per heavy atom. The Labute approximate surface area is 65.7 Å². The quantitative estimate of drug-likeness (QED) is 0.610. The van der Waals surface area contributed by atoms with Crippen molar-refractivity contribution in [2.45, 2.75) is 12.5 Å². The number of hydrogen-bond donors (Lipinski definition) is 2. The summed E-state index contributed by atoms with van der Waals surface area (Å²) in [6.07, 6.45) is 3.42. The second kappa shape index (κ2) is 2.64. The van der Waals surface area contributed by atoms with Gasteiger partial charge in [-0.05, 0) is 6.92 Å². The summed E-state index contributed by atoms with van der Waals surface area (Å²) in [7, 11) is 1.83. The average Bonchev–Trinajstić information content (AvgIpc) is 2.36. The van der Waals surface area contributed by atoms with Gasteiger partial charge in [0.2, 0.25) is 0 Å². The van der Waals surface area contributed by atoms with Crippen molar-refractivity contribution in [2.24, 2.45) is 12.8 Å². The van der Waals surface area contributed by atoms with Crippen LogP contribution in [0.5, 0.6) is 0 Å². The molecule has 0 saturated heterocycles. The van der Waals surface area contributed by atoms with Crippen LogP contribution in [0.4, 0.5) is 0 Å². The van der Waals surface area contributed by atoms with E-state index in [2.05, 4.69) is 4.98 Å². The number of rotatable bonds is 2. The lowest BCUT2D eigenvalue weighted by molar-refractivity contribution is 0.0544. The molecule has 0 amide bonds. The first-order valence-electron chi connectivity index (χ1n) is 3.48. The molecule has 0 aliphatic carbocycles. The molecule has 1 heterocycles. The molecule has 0 bridgehead atoms. The highest BCUT2D eigenvalue weighted by molar-refractivity contribution is 5.02. The third-order valence-electron chi connectivity index (χ3n) is 1.70. The molecule has 4 heteroatoms. The number of nitrogens with zero attached hydrogens (tertiary/aromatic N) is 2. The van der Waals surface area contributed by atoms with E-state index in [-0.39, 0.29) is 6.54 Å². The second-order valence-electron chi connectivity index (χ2n) is 2.84. The Hall–Kier alpha value is -0.870. The number of aliphatic hydroxyl groups is 1. The third-order valence-corrected chi connectivity index (χ3v) is 1.70. The van der Waals surface area contributed by atoms with Crippen LogP contribution in [0.15, 0.2) is 12.4 Å². The SMILES string of the molecule is Cn1ccnc1C(C)(O)CN. The Bertz CT molecular complexity index is 242. The molecule has 4 nitrogen and oxygen atoms in total. The maximum atomic E-state index is 9.66. The van der Waals surface area contributed by atoms with Gasteiger partial charge in [0.25, 0.3) is 0 Å². The Morgan fingerprint density at radius 1 is 1.82 bits per heavy atom. The van der Waals surface area contributed by atoms with E-state index in [0.29, 0.717) is 5.82 Å². The van der Waals surface area contributed by atoms with Crippen molar-refractivity contribution in [3.63, 3.8) is 0 Å². The van der Waals surface area contributed by atoms with E-state index < -0.39 is 5.60 Å². The van der Waals surface area contributed by atoms with Gasteiger partial charge in [0.15, 0.2) is 0 Å². The van der Waals surface area contributed by atoms with Crippen LogP contribution in [0, 0.1) is 0 Å². The molecule has 0 aromatic carbocycles. The molecule has 1 aromatic heterocycles. The van der Waals surface area contributed by atoms with Crippen molar-refractivity contribution in [1.82, 2.24) is 9.55 Å². The summed E-state index contributed by atoms with van der Waals surface area (Å²) in [5.41, 5.74) is 4.35. The predicted octanol–water partition coefficient (Wildman–Crippen LogP) is -0.414. The number of hydrogen-bond acceptors (Lipinski definition) is 3. The lowest BCUT2D eigenvalue weighted by atomic mass is 10.1. The molecule has 0 saturated carbocycles. The van der Waals surface area contributed by atoms with Crippen LogP contribution in [0.3, 0.4) is 0 Å². The fourth-order valence-corrected chi connectivity index (χ4v) is 0.976. The van der Waals surface area contributed by atoms with Gasteiger partial charge in [-0.15, -0.1) is 0 Å². The first-order chi connectivity index (χ1) is 5.08. The van der Waals surface area contributed by atoms with E-state index in [1.165, 1.54) is 0 Å². The van der Waals surface area contributed by atoms with Crippen LogP contribution >= 0.6 is 0 Å².